The fourth-order valence-corrected chi connectivity index (χ4v) is 2.26. The fraction of sp³-hybridized carbons (Fsp3) is 0.250. The molecular formula is C16H16FNO3. The number of benzene rings is 1. The lowest BCUT2D eigenvalue weighted by Gasteiger charge is -2.20. The van der Waals surface area contributed by atoms with Gasteiger partial charge in [-0.2, -0.15) is 0 Å². The van der Waals surface area contributed by atoms with Gasteiger partial charge in [-0.15, -0.1) is 0 Å². The molecule has 1 aromatic carbocycles. The molecule has 0 spiro atoms. The first-order valence-corrected chi connectivity index (χ1v) is 6.70. The average Bonchev–Trinajstić information content (AvgIpc) is 3.06. The summed E-state index contributed by atoms with van der Waals surface area (Å²) in [7, 11) is 0. The molecular weight excluding hydrogens is 273 g/mol. The van der Waals surface area contributed by atoms with Gasteiger partial charge >= 0.3 is 0 Å². The van der Waals surface area contributed by atoms with Crippen LogP contribution < -0.4 is 5.32 Å². The smallest absolute Gasteiger partial charge is 0.136 e. The Labute approximate surface area is 121 Å². The predicted octanol–water partition coefficient (Wildman–Crippen LogP) is 3.16. The van der Waals surface area contributed by atoms with Crippen LogP contribution in [0.2, 0.25) is 0 Å². The highest BCUT2D eigenvalue weighted by Gasteiger charge is 2.25. The van der Waals surface area contributed by atoms with Gasteiger partial charge in [0.05, 0.1) is 12.8 Å². The third-order valence-electron chi connectivity index (χ3n) is 3.35. The Hall–Kier alpha value is -2.11. The monoisotopic (exact) mass is 289 g/mol. The molecule has 0 aliphatic rings. The van der Waals surface area contributed by atoms with Crippen LogP contribution in [0.3, 0.4) is 0 Å². The van der Waals surface area contributed by atoms with E-state index in [0.717, 1.165) is 5.39 Å². The molecule has 0 bridgehead atoms. The molecule has 0 fully saturated rings. The van der Waals surface area contributed by atoms with E-state index in [1.807, 2.05) is 0 Å². The number of hydrogen-bond acceptors (Lipinski definition) is 4. The number of aliphatic hydroxyl groups is 1. The maximum atomic E-state index is 13.1. The largest absolute Gasteiger partial charge is 0.466 e. The molecule has 0 aliphatic carbocycles. The maximum Gasteiger partial charge on any atom is 0.136 e. The molecule has 5 heteroatoms. The van der Waals surface area contributed by atoms with Gasteiger partial charge in [-0.05, 0) is 43.3 Å². The highest BCUT2D eigenvalue weighted by molar-refractivity contribution is 5.77. The van der Waals surface area contributed by atoms with E-state index >= 15 is 0 Å². The molecule has 110 valence electrons. The summed E-state index contributed by atoms with van der Waals surface area (Å²) in [5.74, 6) is 0.899. The number of furan rings is 2. The summed E-state index contributed by atoms with van der Waals surface area (Å²) in [4.78, 5) is 0. The summed E-state index contributed by atoms with van der Waals surface area (Å²) < 4.78 is 23.9. The Morgan fingerprint density at radius 3 is 2.90 bits per heavy atom. The summed E-state index contributed by atoms with van der Waals surface area (Å²) in [6.45, 7) is 2.42. The van der Waals surface area contributed by atoms with Crippen molar-refractivity contribution in [2.24, 2.45) is 0 Å². The van der Waals surface area contributed by atoms with E-state index in [4.69, 9.17) is 8.83 Å². The van der Waals surface area contributed by atoms with E-state index in [0.29, 0.717) is 30.2 Å². The van der Waals surface area contributed by atoms with E-state index in [-0.39, 0.29) is 5.82 Å². The molecule has 3 aromatic rings. The van der Waals surface area contributed by atoms with Crippen LogP contribution in [-0.4, -0.2) is 11.7 Å². The van der Waals surface area contributed by atoms with Crippen molar-refractivity contribution in [2.45, 2.75) is 19.1 Å². The van der Waals surface area contributed by atoms with Crippen LogP contribution in [0, 0.1) is 5.82 Å². The molecule has 1 atom stereocenters. The zero-order valence-electron chi connectivity index (χ0n) is 11.6. The van der Waals surface area contributed by atoms with Crippen molar-refractivity contribution in [1.29, 1.82) is 0 Å². The second-order valence-corrected chi connectivity index (χ2v) is 5.25. The Balaban J connectivity index is 1.64. The molecule has 2 N–H and O–H groups in total. The minimum Gasteiger partial charge on any atom is -0.466 e. The van der Waals surface area contributed by atoms with Crippen LogP contribution in [0.25, 0.3) is 11.0 Å². The van der Waals surface area contributed by atoms with Crippen LogP contribution in [0.5, 0.6) is 0 Å². The van der Waals surface area contributed by atoms with Gasteiger partial charge in [0.15, 0.2) is 0 Å². The van der Waals surface area contributed by atoms with Crippen molar-refractivity contribution >= 4 is 11.0 Å². The van der Waals surface area contributed by atoms with Crippen molar-refractivity contribution in [3.05, 3.63) is 60.0 Å². The Bertz CT molecular complexity index is 731. The molecule has 4 nitrogen and oxygen atoms in total. The maximum absolute atomic E-state index is 13.1. The normalized spacial score (nSPS) is 14.4. The molecule has 2 heterocycles. The highest BCUT2D eigenvalue weighted by Crippen LogP contribution is 2.22. The van der Waals surface area contributed by atoms with Crippen molar-refractivity contribution in [3.8, 4) is 0 Å². The Kier molecular flexibility index (Phi) is 3.53. The quantitative estimate of drug-likeness (QED) is 0.757. The number of rotatable bonds is 5. The molecule has 0 aliphatic heterocycles. The van der Waals surface area contributed by atoms with Crippen LogP contribution in [-0.2, 0) is 12.1 Å². The second kappa shape index (κ2) is 5.35. The molecule has 1 unspecified atom stereocenters. The SMILES string of the molecule is CC(O)(CNCc1cc2cc(F)ccc2o1)c1ccco1. The van der Waals surface area contributed by atoms with E-state index in [1.54, 1.807) is 31.2 Å². The van der Waals surface area contributed by atoms with Crippen molar-refractivity contribution in [1.82, 2.24) is 5.32 Å². The standard InChI is InChI=1S/C16H16FNO3/c1-16(19,15-3-2-6-20-15)10-18-9-13-8-11-7-12(17)4-5-14(11)21-13/h2-8,18-19H,9-10H2,1H3. The second-order valence-electron chi connectivity index (χ2n) is 5.25. The summed E-state index contributed by atoms with van der Waals surface area (Å²) >= 11 is 0. The lowest BCUT2D eigenvalue weighted by atomic mass is 10.0. The molecule has 0 radical (unpaired) electrons. The van der Waals surface area contributed by atoms with Gasteiger partial charge in [-0.1, -0.05) is 0 Å². The van der Waals surface area contributed by atoms with Crippen LogP contribution in [0.1, 0.15) is 18.4 Å². The first-order valence-electron chi connectivity index (χ1n) is 6.70. The molecule has 21 heavy (non-hydrogen) atoms. The first-order chi connectivity index (χ1) is 10.0. The minimum absolute atomic E-state index is 0.288. The number of nitrogens with one attached hydrogen (secondary N) is 1. The predicted molar refractivity (Wildman–Crippen MR) is 76.2 cm³/mol. The van der Waals surface area contributed by atoms with E-state index < -0.39 is 5.60 Å². The van der Waals surface area contributed by atoms with Gasteiger partial charge in [0, 0.05) is 11.9 Å². The number of fused-ring (bicyclic) bond motifs is 1. The molecule has 0 amide bonds. The fourth-order valence-electron chi connectivity index (χ4n) is 2.26. The lowest BCUT2D eigenvalue weighted by molar-refractivity contribution is 0.0337. The number of hydrogen-bond donors (Lipinski definition) is 2. The van der Waals surface area contributed by atoms with Crippen LogP contribution >= 0.6 is 0 Å². The van der Waals surface area contributed by atoms with Gasteiger partial charge in [0.2, 0.25) is 0 Å². The van der Waals surface area contributed by atoms with Gasteiger partial charge in [0.25, 0.3) is 0 Å². The van der Waals surface area contributed by atoms with Crippen molar-refractivity contribution in [3.63, 3.8) is 0 Å². The molecule has 3 rings (SSSR count). The zero-order chi connectivity index (χ0) is 14.9. The molecule has 0 saturated heterocycles. The highest BCUT2D eigenvalue weighted by atomic mass is 19.1. The zero-order valence-corrected chi connectivity index (χ0v) is 11.6. The summed E-state index contributed by atoms with van der Waals surface area (Å²) in [5.41, 5.74) is -0.451. The number of halogens is 1. The topological polar surface area (TPSA) is 58.5 Å². The van der Waals surface area contributed by atoms with Gasteiger partial charge in [-0.3, -0.25) is 0 Å². The van der Waals surface area contributed by atoms with Gasteiger partial charge in [-0.25, -0.2) is 4.39 Å². The van der Waals surface area contributed by atoms with E-state index in [9.17, 15) is 9.50 Å². The molecule has 0 saturated carbocycles. The molecule has 2 aromatic heterocycles. The Morgan fingerprint density at radius 1 is 1.29 bits per heavy atom. The van der Waals surface area contributed by atoms with E-state index in [2.05, 4.69) is 5.32 Å². The first kappa shape index (κ1) is 13.9. The third-order valence-corrected chi connectivity index (χ3v) is 3.35. The van der Waals surface area contributed by atoms with Crippen LogP contribution in [0.4, 0.5) is 4.39 Å². The van der Waals surface area contributed by atoms with Gasteiger partial charge < -0.3 is 19.3 Å². The third kappa shape index (κ3) is 2.99. The lowest BCUT2D eigenvalue weighted by Crippen LogP contribution is -2.34. The summed E-state index contributed by atoms with van der Waals surface area (Å²) in [5, 5.41) is 14.1. The average molecular weight is 289 g/mol. The van der Waals surface area contributed by atoms with Gasteiger partial charge in [0.1, 0.15) is 28.5 Å². The van der Waals surface area contributed by atoms with E-state index in [1.165, 1.54) is 18.4 Å². The van der Waals surface area contributed by atoms with Crippen molar-refractivity contribution < 1.29 is 18.3 Å². The van der Waals surface area contributed by atoms with Crippen LogP contribution in [0.15, 0.2) is 51.5 Å². The summed E-state index contributed by atoms with van der Waals surface area (Å²) in [6.07, 6.45) is 1.53. The Morgan fingerprint density at radius 2 is 2.14 bits per heavy atom. The minimum atomic E-state index is -1.10. The summed E-state index contributed by atoms with van der Waals surface area (Å²) in [6, 6.07) is 9.65. The van der Waals surface area contributed by atoms with Crippen molar-refractivity contribution in [2.75, 3.05) is 6.54 Å².